The Labute approximate surface area is 142 Å². The second-order valence-electron chi connectivity index (χ2n) is 5.52. The van der Waals surface area contributed by atoms with Crippen LogP contribution < -0.4 is 10.1 Å². The molecule has 0 amide bonds. The minimum absolute atomic E-state index is 0.199. The zero-order valence-corrected chi connectivity index (χ0v) is 14.0. The van der Waals surface area contributed by atoms with Gasteiger partial charge in [0.15, 0.2) is 5.65 Å². The van der Waals surface area contributed by atoms with E-state index in [2.05, 4.69) is 36.3 Å². The van der Waals surface area contributed by atoms with E-state index in [9.17, 15) is 0 Å². The van der Waals surface area contributed by atoms with Crippen molar-refractivity contribution >= 4 is 27.0 Å². The molecule has 1 aliphatic rings. The highest BCUT2D eigenvalue weighted by molar-refractivity contribution is 9.10. The minimum Gasteiger partial charge on any atom is -0.474 e. The molecule has 0 aliphatic carbocycles. The molecule has 1 N–H and O–H groups in total. The van der Waals surface area contributed by atoms with Crippen molar-refractivity contribution in [2.24, 2.45) is 0 Å². The average Bonchev–Trinajstić information content (AvgIpc) is 3.02. The first-order valence-electron chi connectivity index (χ1n) is 7.63. The number of ether oxygens (including phenoxy) is 1. The topological polar surface area (TPSA) is 64.9 Å². The molecule has 0 atom stereocenters. The second kappa shape index (κ2) is 6.25. The number of nitrogens with one attached hydrogen (secondary N) is 1. The average molecular weight is 374 g/mol. The standard InChI is InChI=1S/C16H16BrN5O/c17-11-1-3-12(4-2-11)22-15-14(9-21-22)16(20-10-19-15)23-13-5-7-18-8-6-13/h1-4,9-10,13,18H,5-8H2. The van der Waals surface area contributed by atoms with Gasteiger partial charge in [0, 0.05) is 4.47 Å². The third-order valence-corrected chi connectivity index (χ3v) is 4.49. The van der Waals surface area contributed by atoms with Crippen LogP contribution in [0.4, 0.5) is 0 Å². The lowest BCUT2D eigenvalue weighted by molar-refractivity contribution is 0.158. The molecule has 0 unspecified atom stereocenters. The summed E-state index contributed by atoms with van der Waals surface area (Å²) in [6.07, 6.45) is 5.49. The molecule has 7 heteroatoms. The highest BCUT2D eigenvalue weighted by Crippen LogP contribution is 2.25. The zero-order chi connectivity index (χ0) is 15.6. The fraction of sp³-hybridized carbons (Fsp3) is 0.312. The predicted octanol–water partition coefficient (Wildman–Crippen LogP) is 2.71. The lowest BCUT2D eigenvalue weighted by atomic mass is 10.1. The van der Waals surface area contributed by atoms with Crippen LogP contribution in [0.3, 0.4) is 0 Å². The Kier molecular flexibility index (Phi) is 3.97. The SMILES string of the molecule is Brc1ccc(-n2ncc3c(OC4CCNCC4)ncnc32)cc1. The van der Waals surface area contributed by atoms with Gasteiger partial charge in [-0.25, -0.2) is 14.6 Å². The summed E-state index contributed by atoms with van der Waals surface area (Å²) in [4.78, 5) is 8.69. The third-order valence-electron chi connectivity index (χ3n) is 3.96. The molecular formula is C16H16BrN5O. The number of benzene rings is 1. The normalized spacial score (nSPS) is 15.9. The van der Waals surface area contributed by atoms with Gasteiger partial charge in [-0.2, -0.15) is 5.10 Å². The largest absolute Gasteiger partial charge is 0.474 e. The van der Waals surface area contributed by atoms with Crippen LogP contribution in [0.1, 0.15) is 12.8 Å². The molecular weight excluding hydrogens is 358 g/mol. The highest BCUT2D eigenvalue weighted by atomic mass is 79.9. The van der Waals surface area contributed by atoms with Gasteiger partial charge in [-0.05, 0) is 50.2 Å². The van der Waals surface area contributed by atoms with E-state index in [-0.39, 0.29) is 6.10 Å². The molecule has 0 saturated carbocycles. The summed E-state index contributed by atoms with van der Waals surface area (Å²) in [5.41, 5.74) is 1.71. The van der Waals surface area contributed by atoms with Gasteiger partial charge in [-0.1, -0.05) is 15.9 Å². The molecule has 0 radical (unpaired) electrons. The summed E-state index contributed by atoms with van der Waals surface area (Å²) >= 11 is 3.44. The molecule has 4 rings (SSSR count). The van der Waals surface area contributed by atoms with E-state index in [1.807, 2.05) is 24.3 Å². The Morgan fingerprint density at radius 2 is 1.91 bits per heavy atom. The summed E-state index contributed by atoms with van der Waals surface area (Å²) in [7, 11) is 0. The van der Waals surface area contributed by atoms with Crippen LogP contribution in [0, 0.1) is 0 Å². The molecule has 6 nitrogen and oxygen atoms in total. The predicted molar refractivity (Wildman–Crippen MR) is 90.9 cm³/mol. The fourth-order valence-electron chi connectivity index (χ4n) is 2.76. The van der Waals surface area contributed by atoms with Gasteiger partial charge in [0.05, 0.1) is 11.9 Å². The van der Waals surface area contributed by atoms with E-state index in [1.54, 1.807) is 10.9 Å². The first-order valence-corrected chi connectivity index (χ1v) is 8.42. The Bertz CT molecular complexity index is 811. The van der Waals surface area contributed by atoms with Gasteiger partial charge in [-0.15, -0.1) is 0 Å². The number of nitrogens with zero attached hydrogens (tertiary/aromatic N) is 4. The number of fused-ring (bicyclic) bond motifs is 1. The number of halogens is 1. The molecule has 23 heavy (non-hydrogen) atoms. The first kappa shape index (κ1) is 14.6. The Balaban J connectivity index is 1.69. The summed E-state index contributed by atoms with van der Waals surface area (Å²) in [6, 6.07) is 7.95. The van der Waals surface area contributed by atoms with Gasteiger partial charge in [0.1, 0.15) is 17.8 Å². The molecule has 118 valence electrons. The van der Waals surface area contributed by atoms with E-state index in [0.29, 0.717) is 5.88 Å². The molecule has 1 aromatic carbocycles. The van der Waals surface area contributed by atoms with E-state index in [4.69, 9.17) is 4.74 Å². The molecule has 2 aromatic heterocycles. The maximum absolute atomic E-state index is 6.08. The molecule has 1 saturated heterocycles. The molecule has 3 heterocycles. The molecule has 1 aliphatic heterocycles. The maximum atomic E-state index is 6.08. The van der Waals surface area contributed by atoms with Crippen LogP contribution in [0.5, 0.6) is 5.88 Å². The van der Waals surface area contributed by atoms with Gasteiger partial charge in [-0.3, -0.25) is 0 Å². The van der Waals surface area contributed by atoms with Crippen LogP contribution in [0.15, 0.2) is 41.3 Å². The fourth-order valence-corrected chi connectivity index (χ4v) is 3.02. The first-order chi connectivity index (χ1) is 11.3. The quantitative estimate of drug-likeness (QED) is 0.764. The zero-order valence-electron chi connectivity index (χ0n) is 12.4. The van der Waals surface area contributed by atoms with Crippen molar-refractivity contribution in [2.75, 3.05) is 13.1 Å². The van der Waals surface area contributed by atoms with Crippen molar-refractivity contribution < 1.29 is 4.74 Å². The summed E-state index contributed by atoms with van der Waals surface area (Å²) in [5, 5.41) is 8.63. The summed E-state index contributed by atoms with van der Waals surface area (Å²) in [6.45, 7) is 1.97. The second-order valence-corrected chi connectivity index (χ2v) is 6.43. The number of piperidine rings is 1. The molecule has 3 aromatic rings. The van der Waals surface area contributed by atoms with Crippen molar-refractivity contribution in [1.82, 2.24) is 25.1 Å². The van der Waals surface area contributed by atoms with E-state index in [1.165, 1.54) is 6.33 Å². The van der Waals surface area contributed by atoms with E-state index < -0.39 is 0 Å². The molecule has 1 fully saturated rings. The van der Waals surface area contributed by atoms with Gasteiger partial charge in [0.2, 0.25) is 5.88 Å². The monoisotopic (exact) mass is 373 g/mol. The van der Waals surface area contributed by atoms with Crippen molar-refractivity contribution in [3.63, 3.8) is 0 Å². The van der Waals surface area contributed by atoms with Crippen LogP contribution in [0.25, 0.3) is 16.7 Å². The van der Waals surface area contributed by atoms with Gasteiger partial charge < -0.3 is 10.1 Å². The number of hydrogen-bond donors (Lipinski definition) is 1. The third kappa shape index (κ3) is 2.94. The number of aromatic nitrogens is 4. The Morgan fingerprint density at radius 3 is 2.70 bits per heavy atom. The maximum Gasteiger partial charge on any atom is 0.228 e. The van der Waals surface area contributed by atoms with Crippen molar-refractivity contribution in [3.05, 3.63) is 41.3 Å². The number of rotatable bonds is 3. The summed E-state index contributed by atoms with van der Waals surface area (Å²) < 4.78 is 8.92. The number of hydrogen-bond acceptors (Lipinski definition) is 5. The Hall–Kier alpha value is -1.99. The van der Waals surface area contributed by atoms with E-state index in [0.717, 1.165) is 47.1 Å². The van der Waals surface area contributed by atoms with Crippen molar-refractivity contribution in [2.45, 2.75) is 18.9 Å². The molecule has 0 bridgehead atoms. The van der Waals surface area contributed by atoms with Gasteiger partial charge >= 0.3 is 0 Å². The van der Waals surface area contributed by atoms with Crippen LogP contribution >= 0.6 is 15.9 Å². The highest BCUT2D eigenvalue weighted by Gasteiger charge is 2.18. The van der Waals surface area contributed by atoms with E-state index >= 15 is 0 Å². The molecule has 0 spiro atoms. The smallest absolute Gasteiger partial charge is 0.228 e. The summed E-state index contributed by atoms with van der Waals surface area (Å²) in [5.74, 6) is 0.616. The van der Waals surface area contributed by atoms with Gasteiger partial charge in [0.25, 0.3) is 0 Å². The van der Waals surface area contributed by atoms with Crippen LogP contribution in [0.2, 0.25) is 0 Å². The lowest BCUT2D eigenvalue weighted by Gasteiger charge is -2.23. The van der Waals surface area contributed by atoms with Crippen molar-refractivity contribution in [3.8, 4) is 11.6 Å². The van der Waals surface area contributed by atoms with Crippen molar-refractivity contribution in [1.29, 1.82) is 0 Å². The van der Waals surface area contributed by atoms with Crippen LogP contribution in [-0.2, 0) is 0 Å². The Morgan fingerprint density at radius 1 is 1.13 bits per heavy atom. The minimum atomic E-state index is 0.199. The van der Waals surface area contributed by atoms with Crippen LogP contribution in [-0.4, -0.2) is 38.9 Å². The lowest BCUT2D eigenvalue weighted by Crippen LogP contribution is -2.34.